The molecule has 0 aromatic heterocycles. The second kappa shape index (κ2) is 9.66. The predicted molar refractivity (Wildman–Crippen MR) is 78.5 cm³/mol. The van der Waals surface area contributed by atoms with Crippen LogP contribution in [-0.2, 0) is 9.47 Å². The fraction of sp³-hybridized carbons (Fsp3) is 0.462. The minimum Gasteiger partial charge on any atom is -0.378 e. The monoisotopic (exact) mass is 294 g/mol. The summed E-state index contributed by atoms with van der Waals surface area (Å²) in [5, 5.41) is 13.8. The van der Waals surface area contributed by atoms with Crippen LogP contribution < -0.4 is 11.1 Å². The van der Waals surface area contributed by atoms with Crippen molar-refractivity contribution in [1.82, 2.24) is 0 Å². The second-order valence-corrected chi connectivity index (χ2v) is 4.01. The lowest BCUT2D eigenvalue weighted by atomic mass is 10.2. The van der Waals surface area contributed by atoms with E-state index in [0.29, 0.717) is 45.2 Å². The summed E-state index contributed by atoms with van der Waals surface area (Å²) < 4.78 is 10.4. The van der Waals surface area contributed by atoms with Gasteiger partial charge in [0.2, 0.25) is 0 Å². The molecule has 0 unspecified atom stereocenters. The summed E-state index contributed by atoms with van der Waals surface area (Å²) in [4.78, 5) is 13.6. The smallest absolute Gasteiger partial charge is 0.282 e. The van der Waals surface area contributed by atoms with Crippen LogP contribution in [0.15, 0.2) is 18.2 Å². The molecule has 21 heavy (non-hydrogen) atoms. The van der Waals surface area contributed by atoms with E-state index in [9.17, 15) is 10.1 Å². The van der Waals surface area contributed by atoms with E-state index < -0.39 is 4.92 Å². The van der Waals surface area contributed by atoms with Gasteiger partial charge in [0, 0.05) is 19.2 Å². The van der Waals surface area contributed by atoms with Crippen LogP contribution in [0, 0.1) is 16.7 Å². The summed E-state index contributed by atoms with van der Waals surface area (Å²) in [6, 6.07) is 4.30. The number of nitrogens with one attached hydrogen (secondary N) is 1. The minimum absolute atomic E-state index is 0.116. The lowest BCUT2D eigenvalue weighted by Gasteiger charge is -2.08. The van der Waals surface area contributed by atoms with E-state index in [1.807, 2.05) is 0 Å². The second-order valence-electron chi connectivity index (χ2n) is 4.01. The van der Waals surface area contributed by atoms with Crippen molar-refractivity contribution in [1.29, 1.82) is 0 Å². The van der Waals surface area contributed by atoms with Crippen LogP contribution in [0.5, 0.6) is 0 Å². The Hall–Kier alpha value is -2.21. The van der Waals surface area contributed by atoms with Crippen molar-refractivity contribution in [3.8, 4) is 0 Å². The topological polar surface area (TPSA) is 104 Å². The highest BCUT2D eigenvalue weighted by atomic mass is 16.6. The summed E-state index contributed by atoms with van der Waals surface area (Å²) in [7, 11) is 0. The largest absolute Gasteiger partial charge is 0.378 e. The molecule has 0 aliphatic heterocycles. The molecule has 0 saturated carbocycles. The molecule has 1 aromatic carbocycles. The third-order valence-corrected chi connectivity index (χ3v) is 2.50. The van der Waals surface area contributed by atoms with E-state index in [1.54, 1.807) is 0 Å². The van der Waals surface area contributed by atoms with Crippen LogP contribution in [0.2, 0.25) is 0 Å². The maximum absolute atomic E-state index is 10.9. The summed E-state index contributed by atoms with van der Waals surface area (Å²) in [5.74, 6) is 0. The van der Waals surface area contributed by atoms with Gasteiger partial charge >= 0.3 is 0 Å². The van der Waals surface area contributed by atoms with E-state index >= 15 is 0 Å². The first-order valence-corrected chi connectivity index (χ1v) is 6.44. The third-order valence-electron chi connectivity index (χ3n) is 2.50. The normalized spacial score (nSPS) is 10.1. The van der Waals surface area contributed by atoms with Crippen molar-refractivity contribution >= 4 is 17.1 Å². The molecule has 0 bridgehead atoms. The van der Waals surface area contributed by atoms with Gasteiger partial charge in [0.25, 0.3) is 5.69 Å². The summed E-state index contributed by atoms with van der Waals surface area (Å²) in [5.41, 5.74) is 5.76. The number of hydrogen-bond donors (Lipinski definition) is 2. The molecule has 3 N–H and O–H groups in total. The Bertz CT molecular complexity index is 501. The fourth-order valence-electron chi connectivity index (χ4n) is 1.55. The highest BCUT2D eigenvalue weighted by Gasteiger charge is 2.13. The average Bonchev–Trinajstić information content (AvgIpc) is 2.49. The molecule has 1 aromatic rings. The number of anilines is 1. The molecule has 0 atom stereocenters. The first-order valence-electron chi connectivity index (χ1n) is 6.44. The number of ether oxygens (including phenoxy) is 2. The molecule has 114 valence electrons. The van der Waals surface area contributed by atoms with Crippen LogP contribution in [-0.4, -0.2) is 44.4 Å². The van der Waals surface area contributed by atoms with Crippen molar-refractivity contribution in [2.24, 2.45) is 5.73 Å². The van der Waals surface area contributed by atoms with Crippen LogP contribution in [0.25, 0.3) is 4.85 Å². The zero-order valence-electron chi connectivity index (χ0n) is 11.6. The molecule has 0 amide bonds. The van der Waals surface area contributed by atoms with Gasteiger partial charge in [-0.3, -0.25) is 10.1 Å². The maximum atomic E-state index is 10.9. The molecule has 0 heterocycles. The highest BCUT2D eigenvalue weighted by Crippen LogP contribution is 2.28. The molecule has 0 spiro atoms. The highest BCUT2D eigenvalue weighted by molar-refractivity contribution is 5.68. The van der Waals surface area contributed by atoms with Gasteiger partial charge in [-0.1, -0.05) is 6.07 Å². The zero-order valence-corrected chi connectivity index (χ0v) is 11.6. The Morgan fingerprint density at radius 1 is 1.29 bits per heavy atom. The summed E-state index contributed by atoms with van der Waals surface area (Å²) >= 11 is 0. The number of rotatable bonds is 10. The summed E-state index contributed by atoms with van der Waals surface area (Å²) in [6.45, 7) is 9.57. The quantitative estimate of drug-likeness (QED) is 0.294. The number of nitro benzene ring substituents is 1. The van der Waals surface area contributed by atoms with Crippen molar-refractivity contribution in [2.75, 3.05) is 44.8 Å². The van der Waals surface area contributed by atoms with Crippen molar-refractivity contribution in [3.05, 3.63) is 39.7 Å². The predicted octanol–water partition coefficient (Wildman–Crippen LogP) is 1.55. The molecule has 0 fully saturated rings. The average molecular weight is 294 g/mol. The van der Waals surface area contributed by atoms with Gasteiger partial charge in [-0.05, 0) is 6.07 Å². The van der Waals surface area contributed by atoms with Crippen molar-refractivity contribution in [3.63, 3.8) is 0 Å². The van der Waals surface area contributed by atoms with Gasteiger partial charge in [0.05, 0.1) is 37.9 Å². The van der Waals surface area contributed by atoms with Gasteiger partial charge in [-0.2, -0.15) is 0 Å². The van der Waals surface area contributed by atoms with E-state index in [2.05, 4.69) is 10.2 Å². The molecule has 0 aliphatic carbocycles. The number of nitrogens with zero attached hydrogens (tertiary/aromatic N) is 2. The first kappa shape index (κ1) is 16.8. The SMILES string of the molecule is [C-]#[N+]c1ccc(NCCOCCOCCN)c([N+](=O)[O-])c1. The number of nitrogens with two attached hydrogens (primary N) is 1. The van der Waals surface area contributed by atoms with Gasteiger partial charge < -0.3 is 20.5 Å². The van der Waals surface area contributed by atoms with Crippen LogP contribution in [0.3, 0.4) is 0 Å². The fourth-order valence-corrected chi connectivity index (χ4v) is 1.55. The lowest BCUT2D eigenvalue weighted by Crippen LogP contribution is -2.15. The maximum Gasteiger partial charge on any atom is 0.282 e. The Balaban J connectivity index is 2.35. The van der Waals surface area contributed by atoms with Crippen LogP contribution in [0.1, 0.15) is 0 Å². The molecule has 0 radical (unpaired) electrons. The number of benzene rings is 1. The molecular weight excluding hydrogens is 276 g/mol. The molecule has 1 rings (SSSR count). The molecule has 0 saturated heterocycles. The Kier molecular flexibility index (Phi) is 7.74. The lowest BCUT2D eigenvalue weighted by molar-refractivity contribution is -0.383. The zero-order chi connectivity index (χ0) is 15.5. The van der Waals surface area contributed by atoms with E-state index in [-0.39, 0.29) is 11.4 Å². The standard InChI is InChI=1S/C13H18N4O4/c1-15-11-2-3-12(13(10-11)17(18)19)16-5-7-21-9-8-20-6-4-14/h2-3,10,16H,4-9,14H2. The molecule has 0 aliphatic rings. The molecule has 8 nitrogen and oxygen atoms in total. The van der Waals surface area contributed by atoms with E-state index in [0.717, 1.165) is 0 Å². The van der Waals surface area contributed by atoms with Gasteiger partial charge in [0.1, 0.15) is 5.69 Å². The molecule has 8 heteroatoms. The number of nitro groups is 1. The Morgan fingerprint density at radius 2 is 2.00 bits per heavy atom. The third kappa shape index (κ3) is 6.18. The van der Waals surface area contributed by atoms with Gasteiger partial charge in [-0.25, -0.2) is 4.85 Å². The van der Waals surface area contributed by atoms with Crippen LogP contribution >= 0.6 is 0 Å². The Morgan fingerprint density at radius 3 is 2.62 bits per heavy atom. The summed E-state index contributed by atoms with van der Waals surface area (Å²) in [6.07, 6.45) is 0. The Labute approximate surface area is 122 Å². The van der Waals surface area contributed by atoms with E-state index in [4.69, 9.17) is 21.8 Å². The van der Waals surface area contributed by atoms with Crippen LogP contribution in [0.4, 0.5) is 17.1 Å². The van der Waals surface area contributed by atoms with Crippen molar-refractivity contribution in [2.45, 2.75) is 0 Å². The van der Waals surface area contributed by atoms with Gasteiger partial charge in [-0.15, -0.1) is 0 Å². The first-order chi connectivity index (χ1) is 10.2. The van der Waals surface area contributed by atoms with Crippen molar-refractivity contribution < 1.29 is 14.4 Å². The van der Waals surface area contributed by atoms with Gasteiger partial charge in [0.15, 0.2) is 5.69 Å². The minimum atomic E-state index is -0.515. The number of hydrogen-bond acceptors (Lipinski definition) is 6. The molecular formula is C13H18N4O4. The van der Waals surface area contributed by atoms with E-state index in [1.165, 1.54) is 18.2 Å².